The monoisotopic (exact) mass is 366 g/mol. The molecule has 23 heavy (non-hydrogen) atoms. The van der Waals surface area contributed by atoms with E-state index in [4.69, 9.17) is 13.5 Å². The van der Waals surface area contributed by atoms with Gasteiger partial charge in [0.15, 0.2) is 8.32 Å². The summed E-state index contributed by atoms with van der Waals surface area (Å²) in [6.45, 7) is 13.3. The van der Waals surface area contributed by atoms with Crippen molar-refractivity contribution in [3.05, 3.63) is 0 Å². The first kappa shape index (κ1) is 23.0. The zero-order valence-corrected chi connectivity index (χ0v) is 18.0. The van der Waals surface area contributed by atoms with Crippen molar-refractivity contribution in [2.24, 2.45) is 0 Å². The summed E-state index contributed by atoms with van der Waals surface area (Å²) in [4.78, 5) is 11.8. The number of carbonyl (C=O) groups is 1. The Hall–Kier alpha value is -0.00312. The molecule has 0 N–H and O–H groups in total. The van der Waals surface area contributed by atoms with Crippen molar-refractivity contribution >= 4 is 21.7 Å². The highest BCUT2D eigenvalue weighted by Crippen LogP contribution is 2.46. The average molecular weight is 367 g/mol. The van der Waals surface area contributed by atoms with Crippen LogP contribution in [0.1, 0.15) is 53.4 Å². The van der Waals surface area contributed by atoms with Crippen LogP contribution in [0.3, 0.4) is 0 Å². The van der Waals surface area contributed by atoms with Crippen LogP contribution in [0.5, 0.6) is 0 Å². The van der Waals surface area contributed by atoms with Crippen molar-refractivity contribution in [1.29, 1.82) is 0 Å². The second-order valence-corrected chi connectivity index (χ2v) is 14.6. The van der Waals surface area contributed by atoms with Crippen molar-refractivity contribution < 1.29 is 22.8 Å². The molecule has 1 atom stereocenters. The van der Waals surface area contributed by atoms with Gasteiger partial charge in [0, 0.05) is 26.7 Å². The fourth-order valence-electron chi connectivity index (χ4n) is 1.99. The van der Waals surface area contributed by atoms with Gasteiger partial charge >= 0.3 is 7.60 Å². The number of hydrogen-bond donors (Lipinski definition) is 0. The molecule has 7 heteroatoms. The average Bonchev–Trinajstić information content (AvgIpc) is 2.41. The van der Waals surface area contributed by atoms with Gasteiger partial charge in [-0.3, -0.25) is 9.36 Å². The fourth-order valence-corrected chi connectivity index (χ4v) is 4.47. The maximum Gasteiger partial charge on any atom is 0.337 e. The van der Waals surface area contributed by atoms with Crippen molar-refractivity contribution in [3.63, 3.8) is 0 Å². The molecule has 138 valence electrons. The molecule has 5 nitrogen and oxygen atoms in total. The minimum absolute atomic E-state index is 0.0741. The molecule has 0 aromatic carbocycles. The topological polar surface area (TPSA) is 61.8 Å². The Labute approximate surface area is 143 Å². The Balaban J connectivity index is 4.09. The number of hydrogen-bond acceptors (Lipinski definition) is 5. The third-order valence-corrected chi connectivity index (χ3v) is 11.0. The summed E-state index contributed by atoms with van der Waals surface area (Å²) in [6.07, 6.45) is 3.10. The van der Waals surface area contributed by atoms with E-state index in [2.05, 4.69) is 40.8 Å². The molecule has 0 spiro atoms. The summed E-state index contributed by atoms with van der Waals surface area (Å²) >= 11 is 0. The summed E-state index contributed by atoms with van der Waals surface area (Å²) in [5, 5.41) is 0.207. The molecule has 0 heterocycles. The second kappa shape index (κ2) is 9.47. The maximum absolute atomic E-state index is 11.9. The van der Waals surface area contributed by atoms with Crippen LogP contribution < -0.4 is 0 Å². The maximum atomic E-state index is 11.9. The highest BCUT2D eigenvalue weighted by molar-refractivity contribution is 7.54. The van der Waals surface area contributed by atoms with E-state index in [1.165, 1.54) is 14.2 Å². The van der Waals surface area contributed by atoms with Crippen molar-refractivity contribution in [2.75, 3.05) is 20.4 Å². The van der Waals surface area contributed by atoms with Gasteiger partial charge in [-0.25, -0.2) is 0 Å². The van der Waals surface area contributed by atoms with Gasteiger partial charge in [-0.2, -0.15) is 0 Å². The molecule has 0 radical (unpaired) electrons. The van der Waals surface area contributed by atoms with Crippen molar-refractivity contribution in [3.8, 4) is 0 Å². The normalized spacial score (nSPS) is 14.8. The summed E-state index contributed by atoms with van der Waals surface area (Å²) in [6, 6.07) is 0. The molecule has 0 amide bonds. The highest BCUT2D eigenvalue weighted by atomic mass is 31.2. The molecule has 0 aliphatic carbocycles. The van der Waals surface area contributed by atoms with Gasteiger partial charge in [0.1, 0.15) is 11.9 Å². The summed E-state index contributed by atoms with van der Waals surface area (Å²) in [5.74, 6) is -0.0741. The number of carbonyl (C=O) groups excluding carboxylic acids is 1. The minimum Gasteiger partial charge on any atom is -0.414 e. The van der Waals surface area contributed by atoms with E-state index in [0.717, 1.165) is 19.3 Å². The van der Waals surface area contributed by atoms with E-state index in [9.17, 15) is 9.36 Å². The van der Waals surface area contributed by atoms with Crippen molar-refractivity contribution in [1.82, 2.24) is 0 Å². The van der Waals surface area contributed by atoms with E-state index in [1.807, 2.05) is 0 Å². The van der Waals surface area contributed by atoms with Gasteiger partial charge in [0.05, 0.1) is 0 Å². The first-order chi connectivity index (χ1) is 10.4. The Morgan fingerprint density at radius 2 is 1.65 bits per heavy atom. The van der Waals surface area contributed by atoms with Crippen LogP contribution in [0.2, 0.25) is 18.1 Å². The lowest BCUT2D eigenvalue weighted by Gasteiger charge is -2.38. The fraction of sp³-hybridized carbons (Fsp3) is 0.938. The van der Waals surface area contributed by atoms with Crippen LogP contribution in [0, 0.1) is 0 Å². The van der Waals surface area contributed by atoms with Gasteiger partial charge in [0.2, 0.25) is 0 Å². The van der Waals surface area contributed by atoms with Crippen LogP contribution in [0.15, 0.2) is 0 Å². The molecular formula is C16H35O5PSi. The Kier molecular flexibility index (Phi) is 9.47. The summed E-state index contributed by atoms with van der Waals surface area (Å²) in [5.41, 5.74) is 0. The van der Waals surface area contributed by atoms with Gasteiger partial charge in [-0.15, -0.1) is 0 Å². The minimum atomic E-state index is -3.22. The predicted octanol–water partition coefficient (Wildman–Crippen LogP) is 5.01. The van der Waals surface area contributed by atoms with Gasteiger partial charge in [-0.1, -0.05) is 27.2 Å². The molecule has 0 aliphatic heterocycles. The number of rotatable bonds is 11. The Morgan fingerprint density at radius 1 is 1.13 bits per heavy atom. The van der Waals surface area contributed by atoms with E-state index >= 15 is 0 Å². The molecule has 0 aliphatic rings. The van der Waals surface area contributed by atoms with E-state index in [1.54, 1.807) is 0 Å². The van der Waals surface area contributed by atoms with Crippen LogP contribution in [-0.2, 0) is 22.8 Å². The molecule has 0 saturated carbocycles. The first-order valence-electron chi connectivity index (χ1n) is 8.27. The molecule has 0 saturated heterocycles. The largest absolute Gasteiger partial charge is 0.414 e. The van der Waals surface area contributed by atoms with Crippen LogP contribution in [0.4, 0.5) is 0 Å². The first-order valence-corrected chi connectivity index (χ1v) is 12.9. The lowest BCUT2D eigenvalue weighted by Crippen LogP contribution is -2.43. The molecule has 0 aromatic heterocycles. The Morgan fingerprint density at radius 3 is 2.09 bits per heavy atom. The highest BCUT2D eigenvalue weighted by Gasteiger charge is 2.38. The molecule has 0 unspecified atom stereocenters. The van der Waals surface area contributed by atoms with Gasteiger partial charge in [-0.05, 0) is 37.9 Å². The summed E-state index contributed by atoms with van der Waals surface area (Å²) in [7, 11) is -2.34. The second-order valence-electron chi connectivity index (χ2n) is 7.61. The van der Waals surface area contributed by atoms with Gasteiger partial charge < -0.3 is 13.5 Å². The molecular weight excluding hydrogens is 331 g/mol. The van der Waals surface area contributed by atoms with E-state index in [0.29, 0.717) is 6.42 Å². The third-order valence-electron chi connectivity index (χ3n) is 4.54. The van der Waals surface area contributed by atoms with E-state index < -0.39 is 15.9 Å². The third kappa shape index (κ3) is 8.59. The lowest BCUT2D eigenvalue weighted by atomic mass is 10.1. The molecule has 0 aromatic rings. The Bertz CT molecular complexity index is 409. The van der Waals surface area contributed by atoms with Crippen LogP contribution in [-0.4, -0.2) is 40.6 Å². The zero-order valence-electron chi connectivity index (χ0n) is 16.1. The van der Waals surface area contributed by atoms with Gasteiger partial charge in [0.25, 0.3) is 0 Å². The smallest absolute Gasteiger partial charge is 0.337 e. The number of Topliss-reactive ketones (excluding diaryl/α,β-unsaturated/α-hetero) is 1. The number of unbranched alkanes of at least 4 members (excludes halogenated alkanes) is 1. The standard InChI is InChI=1S/C16H35O5PSi/c1-14(21-23(7,8)16(2,3)4)11-9-10-12-15(17)13-22(18,19-5)20-6/h14H,9-13H2,1-8H3/t14-/m1/s1. The lowest BCUT2D eigenvalue weighted by molar-refractivity contribution is -0.117. The van der Waals surface area contributed by atoms with Crippen LogP contribution in [0.25, 0.3) is 0 Å². The van der Waals surface area contributed by atoms with Crippen LogP contribution >= 0.6 is 7.60 Å². The molecule has 0 rings (SSSR count). The predicted molar refractivity (Wildman–Crippen MR) is 97.7 cm³/mol. The number of ketones is 1. The van der Waals surface area contributed by atoms with Crippen molar-refractivity contribution in [2.45, 2.75) is 77.6 Å². The SMILES string of the molecule is COP(=O)(CC(=O)CCCC[C@@H](C)O[Si](C)(C)C(C)(C)C)OC. The van der Waals surface area contributed by atoms with E-state index in [-0.39, 0.29) is 23.1 Å². The zero-order chi connectivity index (χ0) is 18.3. The molecule has 0 bridgehead atoms. The molecule has 0 fully saturated rings. The quantitative estimate of drug-likeness (QED) is 0.292. The summed E-state index contributed by atoms with van der Waals surface area (Å²) < 4.78 is 27.7.